The third-order valence-electron chi connectivity index (χ3n) is 3.12. The minimum Gasteiger partial charge on any atom is -0.397 e. The Hall–Kier alpha value is -2.01. The second-order valence-corrected chi connectivity index (χ2v) is 5.66. The van der Waals surface area contributed by atoms with Crippen LogP contribution in [0.25, 0.3) is 0 Å². The van der Waals surface area contributed by atoms with Crippen molar-refractivity contribution in [3.05, 3.63) is 52.0 Å². The third-order valence-corrected chi connectivity index (χ3v) is 3.62. The first kappa shape index (κ1) is 15.4. The molecule has 2 rings (SSSR count). The van der Waals surface area contributed by atoms with Crippen molar-refractivity contribution >= 4 is 38.9 Å². The van der Waals surface area contributed by atoms with Gasteiger partial charge in [-0.1, -0.05) is 22.0 Å². The van der Waals surface area contributed by atoms with Gasteiger partial charge in [-0.05, 0) is 49.7 Å². The molecule has 4 N–H and O–H groups in total. The summed E-state index contributed by atoms with van der Waals surface area (Å²) in [6.45, 7) is 4.49. The fraction of sp³-hybridized carbons (Fsp3) is 0.188. The van der Waals surface area contributed by atoms with Gasteiger partial charge in [-0.15, -0.1) is 0 Å². The number of nitrogens with one attached hydrogen (secondary N) is 2. The fourth-order valence-electron chi connectivity index (χ4n) is 1.94. The molecule has 0 unspecified atom stereocenters. The first-order valence-electron chi connectivity index (χ1n) is 6.72. The highest BCUT2D eigenvalue weighted by Gasteiger charge is 2.09. The number of amides is 1. The van der Waals surface area contributed by atoms with E-state index < -0.39 is 0 Å². The van der Waals surface area contributed by atoms with Crippen LogP contribution in [0, 0.1) is 6.92 Å². The lowest BCUT2D eigenvalue weighted by molar-refractivity contribution is 0.0956. The summed E-state index contributed by atoms with van der Waals surface area (Å²) in [5, 5.41) is 6.06. The van der Waals surface area contributed by atoms with E-state index in [1.165, 1.54) is 0 Å². The minimum absolute atomic E-state index is 0.105. The third kappa shape index (κ3) is 3.76. The van der Waals surface area contributed by atoms with Crippen molar-refractivity contribution in [1.29, 1.82) is 0 Å². The number of benzene rings is 2. The van der Waals surface area contributed by atoms with Crippen LogP contribution in [0.15, 0.2) is 40.9 Å². The maximum Gasteiger partial charge on any atom is 0.251 e. The second-order valence-electron chi connectivity index (χ2n) is 4.75. The van der Waals surface area contributed by atoms with Gasteiger partial charge in [0, 0.05) is 22.3 Å². The standard InChI is InChI=1S/C16H18BrN3O/c1-3-19-16(21)11-5-7-13(18)15(8-11)20-14-9-12(17)6-4-10(14)2/h4-9,20H,3,18H2,1-2H3,(H,19,21). The molecule has 4 nitrogen and oxygen atoms in total. The number of carbonyl (C=O) groups excluding carboxylic acids is 1. The zero-order valence-corrected chi connectivity index (χ0v) is 13.6. The van der Waals surface area contributed by atoms with Crippen molar-refractivity contribution in [2.75, 3.05) is 17.6 Å². The molecule has 0 bridgehead atoms. The Kier molecular flexibility index (Phi) is 4.85. The van der Waals surface area contributed by atoms with Crippen LogP contribution in [0.2, 0.25) is 0 Å². The van der Waals surface area contributed by atoms with Gasteiger partial charge in [-0.2, -0.15) is 0 Å². The van der Waals surface area contributed by atoms with Crippen molar-refractivity contribution < 1.29 is 4.79 Å². The molecule has 5 heteroatoms. The quantitative estimate of drug-likeness (QED) is 0.736. The molecule has 0 aliphatic rings. The van der Waals surface area contributed by atoms with Crippen molar-refractivity contribution in [1.82, 2.24) is 5.32 Å². The van der Waals surface area contributed by atoms with Crippen molar-refractivity contribution in [3.63, 3.8) is 0 Å². The highest BCUT2D eigenvalue weighted by atomic mass is 79.9. The summed E-state index contributed by atoms with van der Waals surface area (Å²) in [5.74, 6) is -0.105. The summed E-state index contributed by atoms with van der Waals surface area (Å²) < 4.78 is 0.981. The Morgan fingerprint density at radius 2 is 1.95 bits per heavy atom. The molecule has 21 heavy (non-hydrogen) atoms. The van der Waals surface area contributed by atoms with Crippen molar-refractivity contribution in [3.8, 4) is 0 Å². The zero-order valence-electron chi connectivity index (χ0n) is 12.0. The van der Waals surface area contributed by atoms with Crippen molar-refractivity contribution in [2.45, 2.75) is 13.8 Å². The van der Waals surface area contributed by atoms with E-state index in [0.29, 0.717) is 17.8 Å². The van der Waals surface area contributed by atoms with Gasteiger partial charge in [0.2, 0.25) is 0 Å². The second kappa shape index (κ2) is 6.63. The smallest absolute Gasteiger partial charge is 0.251 e. The number of carbonyl (C=O) groups is 1. The lowest BCUT2D eigenvalue weighted by atomic mass is 10.1. The number of hydrogen-bond donors (Lipinski definition) is 3. The number of anilines is 3. The van der Waals surface area contributed by atoms with Crippen LogP contribution < -0.4 is 16.4 Å². The SMILES string of the molecule is CCNC(=O)c1ccc(N)c(Nc2cc(Br)ccc2C)c1. The molecule has 0 aliphatic heterocycles. The predicted molar refractivity (Wildman–Crippen MR) is 91.0 cm³/mol. The number of hydrogen-bond acceptors (Lipinski definition) is 3. The first-order chi connectivity index (χ1) is 10.0. The van der Waals surface area contributed by atoms with Gasteiger partial charge in [0.05, 0.1) is 11.4 Å². The van der Waals surface area contributed by atoms with Crippen LogP contribution >= 0.6 is 15.9 Å². The minimum atomic E-state index is -0.105. The normalized spacial score (nSPS) is 10.2. The van der Waals surface area contributed by atoms with E-state index in [9.17, 15) is 4.79 Å². The van der Waals surface area contributed by atoms with E-state index >= 15 is 0 Å². The average molecular weight is 348 g/mol. The summed E-state index contributed by atoms with van der Waals surface area (Å²) in [5.41, 5.74) is 9.95. The highest BCUT2D eigenvalue weighted by molar-refractivity contribution is 9.10. The molecular formula is C16H18BrN3O. The van der Waals surface area contributed by atoms with E-state index in [4.69, 9.17) is 5.73 Å². The van der Waals surface area contributed by atoms with Crippen LogP contribution in [0.5, 0.6) is 0 Å². The first-order valence-corrected chi connectivity index (χ1v) is 7.51. The van der Waals surface area contributed by atoms with Gasteiger partial charge >= 0.3 is 0 Å². The van der Waals surface area contributed by atoms with Crippen LogP contribution in [0.1, 0.15) is 22.8 Å². The Bertz CT molecular complexity index is 671. The maximum absolute atomic E-state index is 11.9. The molecule has 2 aromatic carbocycles. The zero-order chi connectivity index (χ0) is 15.4. The Morgan fingerprint density at radius 1 is 1.19 bits per heavy atom. The molecule has 0 fully saturated rings. The maximum atomic E-state index is 11.9. The Balaban J connectivity index is 2.33. The number of nitrogen functional groups attached to an aromatic ring is 1. The van der Waals surface area contributed by atoms with Gasteiger partial charge in [-0.25, -0.2) is 0 Å². The van der Waals surface area contributed by atoms with E-state index in [1.807, 2.05) is 32.0 Å². The molecule has 0 spiro atoms. The highest BCUT2D eigenvalue weighted by Crippen LogP contribution is 2.28. The summed E-state index contributed by atoms with van der Waals surface area (Å²) in [4.78, 5) is 11.9. The molecule has 0 atom stereocenters. The molecule has 0 saturated carbocycles. The van der Waals surface area contributed by atoms with Crippen molar-refractivity contribution in [2.24, 2.45) is 0 Å². The summed E-state index contributed by atoms with van der Waals surface area (Å²) in [7, 11) is 0. The molecular weight excluding hydrogens is 330 g/mol. The van der Waals surface area contributed by atoms with E-state index in [0.717, 1.165) is 21.4 Å². The fourth-order valence-corrected chi connectivity index (χ4v) is 2.30. The number of rotatable bonds is 4. The lowest BCUT2D eigenvalue weighted by Gasteiger charge is -2.13. The van der Waals surface area contributed by atoms with Crippen LogP contribution in [-0.4, -0.2) is 12.5 Å². The monoisotopic (exact) mass is 347 g/mol. The number of halogens is 1. The van der Waals surface area contributed by atoms with Crippen LogP contribution in [0.4, 0.5) is 17.1 Å². The number of nitrogens with two attached hydrogens (primary N) is 1. The van der Waals surface area contributed by atoms with Crippen LogP contribution in [0.3, 0.4) is 0 Å². The van der Waals surface area contributed by atoms with Gasteiger partial charge in [0.1, 0.15) is 0 Å². The summed E-state index contributed by atoms with van der Waals surface area (Å²) in [6.07, 6.45) is 0. The molecule has 1 amide bonds. The van der Waals surface area contributed by atoms with E-state index in [1.54, 1.807) is 18.2 Å². The van der Waals surface area contributed by atoms with Gasteiger partial charge in [0.15, 0.2) is 0 Å². The van der Waals surface area contributed by atoms with E-state index in [-0.39, 0.29) is 5.91 Å². The number of aryl methyl sites for hydroxylation is 1. The van der Waals surface area contributed by atoms with Gasteiger partial charge in [0.25, 0.3) is 5.91 Å². The summed E-state index contributed by atoms with van der Waals surface area (Å²) >= 11 is 3.45. The summed E-state index contributed by atoms with van der Waals surface area (Å²) in [6, 6.07) is 11.2. The lowest BCUT2D eigenvalue weighted by Crippen LogP contribution is -2.22. The Morgan fingerprint density at radius 3 is 2.67 bits per heavy atom. The molecule has 0 heterocycles. The molecule has 0 saturated heterocycles. The average Bonchev–Trinajstić information content (AvgIpc) is 2.45. The predicted octanol–water partition coefficient (Wildman–Crippen LogP) is 3.83. The topological polar surface area (TPSA) is 67.2 Å². The molecule has 2 aromatic rings. The van der Waals surface area contributed by atoms with Gasteiger partial charge < -0.3 is 16.4 Å². The molecule has 110 valence electrons. The van der Waals surface area contributed by atoms with Gasteiger partial charge in [-0.3, -0.25) is 4.79 Å². The van der Waals surface area contributed by atoms with Crippen LogP contribution in [-0.2, 0) is 0 Å². The van der Waals surface area contributed by atoms with E-state index in [2.05, 4.69) is 26.6 Å². The Labute approximate surface area is 132 Å². The molecule has 0 radical (unpaired) electrons. The molecule has 0 aromatic heterocycles. The largest absolute Gasteiger partial charge is 0.397 e. The molecule has 0 aliphatic carbocycles.